The largest absolute Gasteiger partial charge is 0.375 e. The smallest absolute Gasteiger partial charge is 0.294 e. The molecular formula is C22H25BrClN7O5. The number of anilines is 2. The van der Waals surface area contributed by atoms with Crippen LogP contribution in [0.2, 0.25) is 5.28 Å². The van der Waals surface area contributed by atoms with E-state index in [-0.39, 0.29) is 58.1 Å². The number of rotatable bonds is 6. The Morgan fingerprint density at radius 2 is 2.03 bits per heavy atom. The van der Waals surface area contributed by atoms with Crippen LogP contribution in [0, 0.1) is 10.1 Å². The summed E-state index contributed by atoms with van der Waals surface area (Å²) in [5.74, 6) is -0.389. The Kier molecular flexibility index (Phi) is 8.03. The molecule has 192 valence electrons. The highest BCUT2D eigenvalue weighted by molar-refractivity contribution is 9.10. The summed E-state index contributed by atoms with van der Waals surface area (Å²) in [6.07, 6.45) is 1.45. The molecule has 4 rings (SSSR count). The summed E-state index contributed by atoms with van der Waals surface area (Å²) in [6.45, 7) is 4.87. The van der Waals surface area contributed by atoms with Gasteiger partial charge in [0, 0.05) is 42.4 Å². The highest BCUT2D eigenvalue weighted by Gasteiger charge is 2.35. The number of nitro benzene ring substituents is 1. The second-order valence-corrected chi connectivity index (χ2v) is 10.1. The van der Waals surface area contributed by atoms with Crippen LogP contribution >= 0.6 is 27.5 Å². The zero-order valence-corrected chi connectivity index (χ0v) is 21.9. The average molecular weight is 583 g/mol. The van der Waals surface area contributed by atoms with Crippen molar-refractivity contribution in [1.82, 2.24) is 20.2 Å². The molecule has 36 heavy (non-hydrogen) atoms. The number of hydrogen-bond acceptors (Lipinski definition) is 9. The van der Waals surface area contributed by atoms with Crippen LogP contribution in [0.25, 0.3) is 0 Å². The number of nitrogens with zero attached hydrogens (tertiary/aromatic N) is 4. The summed E-state index contributed by atoms with van der Waals surface area (Å²) in [5, 5.41) is 20.8. The molecule has 1 aromatic carbocycles. The number of carbonyl (C=O) groups excluding carboxylic acids is 2. The van der Waals surface area contributed by atoms with Crippen molar-refractivity contribution in [3.63, 3.8) is 0 Å². The molecule has 2 amide bonds. The minimum atomic E-state index is -0.578. The molecule has 2 aliphatic heterocycles. The molecule has 0 radical (unpaired) electrons. The molecule has 2 aliphatic rings. The SMILES string of the molecule is C[C@@H]1CN(C(=O)c2cc(Br)cc([N+](=O)[O-])c2N[C@H]2CN[C@H](C(=O)Nc3ccnc(Cl)n3)C2)C[C@H](C)O1. The van der Waals surface area contributed by atoms with Crippen LogP contribution in [0.15, 0.2) is 28.9 Å². The fraction of sp³-hybridized carbons (Fsp3) is 0.455. The van der Waals surface area contributed by atoms with E-state index in [9.17, 15) is 19.7 Å². The molecule has 0 aliphatic carbocycles. The van der Waals surface area contributed by atoms with Gasteiger partial charge in [0.25, 0.3) is 11.6 Å². The molecule has 12 nitrogen and oxygen atoms in total. The van der Waals surface area contributed by atoms with Crippen molar-refractivity contribution in [3.8, 4) is 0 Å². The van der Waals surface area contributed by atoms with E-state index in [1.165, 1.54) is 18.3 Å². The lowest BCUT2D eigenvalue weighted by Gasteiger charge is -2.35. The van der Waals surface area contributed by atoms with Gasteiger partial charge in [-0.3, -0.25) is 19.7 Å². The fourth-order valence-corrected chi connectivity index (χ4v) is 5.03. The molecule has 14 heteroatoms. The third-order valence-corrected chi connectivity index (χ3v) is 6.53. The van der Waals surface area contributed by atoms with E-state index in [0.29, 0.717) is 30.5 Å². The fourth-order valence-electron chi connectivity index (χ4n) is 4.44. The Labute approximate surface area is 220 Å². The zero-order chi connectivity index (χ0) is 26.0. The highest BCUT2D eigenvalue weighted by atomic mass is 79.9. The highest BCUT2D eigenvalue weighted by Crippen LogP contribution is 2.35. The molecular weight excluding hydrogens is 558 g/mol. The van der Waals surface area contributed by atoms with Crippen LogP contribution in [0.3, 0.4) is 0 Å². The number of halogens is 2. The standard InChI is InChI=1S/C22H25BrClN7O5/c1-11-9-30(10-12(2)36-11)21(33)15-5-13(23)6-17(31(34)35)19(15)27-14-7-16(26-8-14)20(32)28-18-3-4-25-22(24)29-18/h3-6,11-12,14,16,26-27H,7-10H2,1-2H3,(H,25,28,29,32)/t11-,12+,14-,16+/m1/s1. The van der Waals surface area contributed by atoms with E-state index in [1.807, 2.05) is 13.8 Å². The summed E-state index contributed by atoms with van der Waals surface area (Å²) in [5.41, 5.74) is 0.0713. The van der Waals surface area contributed by atoms with E-state index < -0.39 is 11.0 Å². The Hall–Kier alpha value is -2.87. The Morgan fingerprint density at radius 3 is 2.69 bits per heavy atom. The van der Waals surface area contributed by atoms with E-state index in [4.69, 9.17) is 16.3 Å². The van der Waals surface area contributed by atoms with Gasteiger partial charge in [0.15, 0.2) is 0 Å². The van der Waals surface area contributed by atoms with E-state index in [0.717, 1.165) is 0 Å². The monoisotopic (exact) mass is 581 g/mol. The third-order valence-electron chi connectivity index (χ3n) is 5.89. The minimum Gasteiger partial charge on any atom is -0.375 e. The number of amides is 2. The molecule has 4 atom stereocenters. The number of carbonyl (C=O) groups is 2. The van der Waals surface area contributed by atoms with Crippen molar-refractivity contribution in [1.29, 1.82) is 0 Å². The van der Waals surface area contributed by atoms with Crippen molar-refractivity contribution in [2.45, 2.75) is 44.6 Å². The molecule has 1 aromatic heterocycles. The summed E-state index contributed by atoms with van der Waals surface area (Å²) in [6, 6.07) is 3.53. The quantitative estimate of drug-likeness (QED) is 0.265. The summed E-state index contributed by atoms with van der Waals surface area (Å²) >= 11 is 9.07. The summed E-state index contributed by atoms with van der Waals surface area (Å²) < 4.78 is 6.14. The van der Waals surface area contributed by atoms with E-state index >= 15 is 0 Å². The first-order valence-electron chi connectivity index (χ1n) is 11.3. The van der Waals surface area contributed by atoms with Crippen molar-refractivity contribution in [2.24, 2.45) is 0 Å². The number of morpholine rings is 1. The molecule has 2 aromatic rings. The maximum absolute atomic E-state index is 13.5. The number of hydrogen-bond donors (Lipinski definition) is 3. The molecule has 3 N–H and O–H groups in total. The van der Waals surface area contributed by atoms with Gasteiger partial charge in [-0.1, -0.05) is 15.9 Å². The first kappa shape index (κ1) is 26.2. The molecule has 0 saturated carbocycles. The number of nitrogens with one attached hydrogen (secondary N) is 3. The Bertz CT molecular complexity index is 1180. The van der Waals surface area contributed by atoms with Crippen LogP contribution in [0.5, 0.6) is 0 Å². The van der Waals surface area contributed by atoms with Gasteiger partial charge in [0.1, 0.15) is 11.5 Å². The predicted octanol–water partition coefficient (Wildman–Crippen LogP) is 2.83. The zero-order valence-electron chi connectivity index (χ0n) is 19.5. The average Bonchev–Trinajstić information content (AvgIpc) is 3.27. The second-order valence-electron chi connectivity index (χ2n) is 8.81. The predicted molar refractivity (Wildman–Crippen MR) is 136 cm³/mol. The van der Waals surface area contributed by atoms with Crippen LogP contribution in [0.4, 0.5) is 17.2 Å². The number of benzene rings is 1. The molecule has 0 bridgehead atoms. The summed E-state index contributed by atoms with van der Waals surface area (Å²) in [4.78, 5) is 46.9. The van der Waals surface area contributed by atoms with Gasteiger partial charge in [0.05, 0.1) is 28.7 Å². The molecule has 2 fully saturated rings. The van der Waals surface area contributed by atoms with Crippen LogP contribution in [-0.2, 0) is 9.53 Å². The summed E-state index contributed by atoms with van der Waals surface area (Å²) in [7, 11) is 0. The Morgan fingerprint density at radius 1 is 1.31 bits per heavy atom. The van der Waals surface area contributed by atoms with Crippen molar-refractivity contribution in [2.75, 3.05) is 30.3 Å². The van der Waals surface area contributed by atoms with Gasteiger partial charge in [-0.25, -0.2) is 9.97 Å². The first-order valence-corrected chi connectivity index (χ1v) is 12.5. The van der Waals surface area contributed by atoms with Crippen molar-refractivity contribution >= 4 is 56.5 Å². The second kappa shape index (κ2) is 11.0. The van der Waals surface area contributed by atoms with Crippen LogP contribution in [-0.4, -0.2) is 75.5 Å². The lowest BCUT2D eigenvalue weighted by Crippen LogP contribution is -2.48. The van der Waals surface area contributed by atoms with E-state index in [1.54, 1.807) is 11.0 Å². The van der Waals surface area contributed by atoms with Gasteiger partial charge in [-0.2, -0.15) is 0 Å². The normalized spacial score (nSPS) is 23.8. The molecule has 0 spiro atoms. The third kappa shape index (κ3) is 6.09. The number of aromatic nitrogens is 2. The van der Waals surface area contributed by atoms with Gasteiger partial charge in [-0.05, 0) is 44.0 Å². The molecule has 2 saturated heterocycles. The topological polar surface area (TPSA) is 152 Å². The Balaban J connectivity index is 1.53. The van der Waals surface area contributed by atoms with Crippen molar-refractivity contribution in [3.05, 3.63) is 49.8 Å². The maximum Gasteiger partial charge on any atom is 0.294 e. The number of ether oxygens (including phenoxy) is 1. The van der Waals surface area contributed by atoms with Crippen LogP contribution < -0.4 is 16.0 Å². The lowest BCUT2D eigenvalue weighted by molar-refractivity contribution is -0.384. The van der Waals surface area contributed by atoms with Gasteiger partial charge >= 0.3 is 0 Å². The van der Waals surface area contributed by atoms with E-state index in [2.05, 4.69) is 41.8 Å². The lowest BCUT2D eigenvalue weighted by atomic mass is 10.1. The minimum absolute atomic E-state index is 0.00974. The first-order chi connectivity index (χ1) is 17.1. The molecule has 3 heterocycles. The molecule has 0 unspecified atom stereocenters. The van der Waals surface area contributed by atoms with Gasteiger partial charge in [0.2, 0.25) is 11.2 Å². The van der Waals surface area contributed by atoms with Gasteiger partial charge < -0.3 is 25.6 Å². The number of nitro groups is 1. The van der Waals surface area contributed by atoms with Gasteiger partial charge in [-0.15, -0.1) is 0 Å². The maximum atomic E-state index is 13.5. The van der Waals surface area contributed by atoms with Crippen LogP contribution in [0.1, 0.15) is 30.6 Å². The van der Waals surface area contributed by atoms with Crippen molar-refractivity contribution < 1.29 is 19.2 Å².